The molecule has 54 heteroatoms. The number of carbonyl (C=O) groups is 6. The van der Waals surface area contributed by atoms with E-state index in [9.17, 15) is 274 Å². The van der Waals surface area contributed by atoms with Crippen LogP contribution in [0.3, 0.4) is 0 Å². The molecule has 0 spiro atoms. The van der Waals surface area contributed by atoms with Gasteiger partial charge >= 0.3 is 0 Å². The fourth-order valence-electron chi connectivity index (χ4n) is 10.8. The number of carbonyl (C=O) groups excluding carboxylic acids is 6. The van der Waals surface area contributed by atoms with Crippen molar-refractivity contribution in [2.45, 2.75) is 0 Å². The molecule has 696 valence electrons. The Balaban J connectivity index is 0.000000216. The van der Waals surface area contributed by atoms with Gasteiger partial charge in [0.2, 0.25) is 132 Å². The van der Waals surface area contributed by atoms with E-state index in [0.717, 1.165) is 12.1 Å². The Labute approximate surface area is 721 Å². The highest BCUT2D eigenvalue weighted by Gasteiger charge is 2.37. The fraction of sp³-hybridized carbons (Fsp3) is 0. The SMILES string of the molecule is O=C(c1c(O)cc(O)c(O)c1O)c1c(O)cc(O)c(O)c1O.O=C(c1c(O)ccc(O)c1O)c1c(O)c(O)c(O)c(O)c1O.O=C(c1cc(O)c(O)c(O)c1O)c1c(O)c(O)cc(O)c1O.O=C(c1cc(O)c(O)c(O)c1O)c1c(O)cc(O)c(O)c1O.O=C(c1cc(O)c(O)c(O)c1O)c1c(O)cc(O)c(O)c1O.O=C(c1cc(O)c(O)c(O)c1O)c1cc(O)c(O)c(O)c1O. The third-order valence-electron chi connectivity index (χ3n) is 17.6. The van der Waals surface area contributed by atoms with E-state index in [1.807, 2.05) is 0 Å². The first kappa shape index (κ1) is 98.2. The van der Waals surface area contributed by atoms with Gasteiger partial charge in [-0.05, 0) is 42.5 Å². The molecule has 0 saturated heterocycles. The molecule has 0 heterocycles. The topological polar surface area (TPSA) is 1070 Å². The zero-order chi connectivity index (χ0) is 101. The van der Waals surface area contributed by atoms with Crippen LogP contribution < -0.4 is 0 Å². The molecule has 0 bridgehead atoms. The van der Waals surface area contributed by atoms with Gasteiger partial charge in [0.05, 0.1) is 27.8 Å². The zero-order valence-electron chi connectivity index (χ0n) is 63.8. The van der Waals surface area contributed by atoms with Crippen LogP contribution in [0.2, 0.25) is 0 Å². The van der Waals surface area contributed by atoms with Gasteiger partial charge < -0.3 is 245 Å². The summed E-state index contributed by atoms with van der Waals surface area (Å²) in [4.78, 5) is 73.3. The van der Waals surface area contributed by atoms with Crippen LogP contribution >= 0.6 is 0 Å². The number of hydrogen-bond acceptors (Lipinski definition) is 54. The Kier molecular flexibility index (Phi) is 27.2. The van der Waals surface area contributed by atoms with Crippen LogP contribution in [0, 0.1) is 0 Å². The maximum Gasteiger partial charge on any atom is 0.208 e. The highest BCUT2D eigenvalue weighted by atomic mass is 16.4. The van der Waals surface area contributed by atoms with Crippen LogP contribution in [0.1, 0.15) is 95.5 Å². The van der Waals surface area contributed by atoms with Gasteiger partial charge in [-0.3, -0.25) is 28.8 Å². The first-order chi connectivity index (χ1) is 61.0. The first-order valence-electron chi connectivity index (χ1n) is 33.9. The molecule has 0 aliphatic carbocycles. The van der Waals surface area contributed by atoms with E-state index < -0.39 is 377 Å². The van der Waals surface area contributed by atoms with Crippen LogP contribution in [0.25, 0.3) is 0 Å². The molecule has 12 aromatic carbocycles. The Hall–Kier alpha value is -20.9. The smallest absolute Gasteiger partial charge is 0.208 e. The van der Waals surface area contributed by atoms with Gasteiger partial charge in [0, 0.05) is 30.3 Å². The van der Waals surface area contributed by atoms with Gasteiger partial charge in [-0.1, -0.05) is 0 Å². The molecule has 0 aromatic heterocycles. The Morgan fingerprint density at radius 2 is 0.242 bits per heavy atom. The highest BCUT2D eigenvalue weighted by Crippen LogP contribution is 2.57. The average molecular weight is 1860 g/mol. The molecule has 0 atom stereocenters. The average Bonchev–Trinajstić information content (AvgIpc) is 0.783. The lowest BCUT2D eigenvalue weighted by molar-refractivity contribution is 0.101. The van der Waals surface area contributed by atoms with Crippen LogP contribution in [-0.4, -0.2) is 280 Å². The molecule has 0 aliphatic heterocycles. The lowest BCUT2D eigenvalue weighted by atomic mass is 9.98. The molecule has 12 aromatic rings. The maximum atomic E-state index is 12.2. The number of ketones is 6. The number of aromatic hydroxyl groups is 48. The molecule has 0 fully saturated rings. The third kappa shape index (κ3) is 17.7. The summed E-state index contributed by atoms with van der Waals surface area (Å²) < 4.78 is 0. The van der Waals surface area contributed by atoms with Gasteiger partial charge in [-0.15, -0.1) is 0 Å². The van der Waals surface area contributed by atoms with Gasteiger partial charge in [0.25, 0.3) is 0 Å². The minimum absolute atomic E-state index is 0.552. The van der Waals surface area contributed by atoms with Crippen molar-refractivity contribution in [1.29, 1.82) is 0 Å². The number of phenols is 48. The van der Waals surface area contributed by atoms with Crippen molar-refractivity contribution in [3.63, 3.8) is 0 Å². The van der Waals surface area contributed by atoms with E-state index in [2.05, 4.69) is 0 Å². The minimum Gasteiger partial charge on any atom is -0.507 e. The van der Waals surface area contributed by atoms with Crippen LogP contribution in [0.15, 0.2) is 72.8 Å². The van der Waals surface area contributed by atoms with E-state index >= 15 is 0 Å². The van der Waals surface area contributed by atoms with Crippen molar-refractivity contribution >= 4 is 34.7 Å². The predicted molar refractivity (Wildman–Crippen MR) is 418 cm³/mol. The van der Waals surface area contributed by atoms with E-state index in [-0.39, 0.29) is 0 Å². The van der Waals surface area contributed by atoms with Crippen molar-refractivity contribution in [2.75, 3.05) is 0 Å². The lowest BCUT2D eigenvalue weighted by Gasteiger charge is -2.13. The van der Waals surface area contributed by atoms with Crippen LogP contribution in [-0.2, 0) is 0 Å². The second-order valence-electron chi connectivity index (χ2n) is 25.8. The second-order valence-corrected chi connectivity index (χ2v) is 25.8. The van der Waals surface area contributed by atoms with Crippen molar-refractivity contribution in [2.24, 2.45) is 0 Å². The molecule has 0 aliphatic rings. The van der Waals surface area contributed by atoms with Gasteiger partial charge in [0.15, 0.2) is 149 Å². The molecular formula is C78H60O54. The van der Waals surface area contributed by atoms with Gasteiger partial charge in [0.1, 0.15) is 67.7 Å². The first-order valence-corrected chi connectivity index (χ1v) is 33.9. The van der Waals surface area contributed by atoms with Crippen molar-refractivity contribution in [3.05, 3.63) is 140 Å². The number of benzene rings is 12. The van der Waals surface area contributed by atoms with Crippen molar-refractivity contribution < 1.29 is 274 Å². The molecule has 0 radical (unpaired) electrons. The highest BCUT2D eigenvalue weighted by molar-refractivity contribution is 6.20. The van der Waals surface area contributed by atoms with Crippen LogP contribution in [0.5, 0.6) is 276 Å². The van der Waals surface area contributed by atoms with E-state index in [1.54, 1.807) is 0 Å². The summed E-state index contributed by atoms with van der Waals surface area (Å²) in [5.41, 5.74) is -10.4. The normalized spacial score (nSPS) is 10.5. The van der Waals surface area contributed by atoms with Crippen molar-refractivity contribution in [1.82, 2.24) is 0 Å². The molecule has 132 heavy (non-hydrogen) atoms. The third-order valence-corrected chi connectivity index (χ3v) is 17.6. The van der Waals surface area contributed by atoms with Crippen LogP contribution in [0.4, 0.5) is 0 Å². The zero-order valence-corrected chi connectivity index (χ0v) is 63.8. The summed E-state index contributed by atoms with van der Waals surface area (Å²) >= 11 is 0. The number of phenolic OH excluding ortho intramolecular Hbond substituents is 48. The molecular weight excluding hydrogens is 1800 g/mol. The summed E-state index contributed by atoms with van der Waals surface area (Å²) in [6, 6.07) is 7.49. The molecule has 48 N–H and O–H groups in total. The molecule has 0 unspecified atom stereocenters. The second kappa shape index (κ2) is 36.6. The van der Waals surface area contributed by atoms with E-state index in [4.69, 9.17) is 0 Å². The predicted octanol–water partition coefficient (Wildman–Crippen LogP) is 3.37. The lowest BCUT2D eigenvalue weighted by Crippen LogP contribution is -2.04. The Bertz CT molecular complexity index is 6540. The summed E-state index contributed by atoms with van der Waals surface area (Å²) in [5, 5.41) is 453. The quantitative estimate of drug-likeness (QED) is 0.0473. The van der Waals surface area contributed by atoms with Gasteiger partial charge in [-0.25, -0.2) is 0 Å². The molecule has 0 amide bonds. The Morgan fingerprint density at radius 3 is 0.492 bits per heavy atom. The maximum absolute atomic E-state index is 12.2. The summed E-state index contributed by atoms with van der Waals surface area (Å²) in [7, 11) is 0. The fourth-order valence-corrected chi connectivity index (χ4v) is 10.8. The van der Waals surface area contributed by atoms with E-state index in [0.29, 0.717) is 60.7 Å². The molecule has 54 nitrogen and oxygen atoms in total. The van der Waals surface area contributed by atoms with Gasteiger partial charge in [-0.2, -0.15) is 0 Å². The summed E-state index contributed by atoms with van der Waals surface area (Å²) in [5.74, 6) is -59.1. The standard InChI is InChI=1S/6C13H10O9/c2*14-4-2-6(16)10(19)12(21)7(4)8(17)3-1-5(15)11(20)13(22)9(3)18;14-3-1-5(16)9(18)12(21)7(3)11(20)8-4(15)2-6(17)10(19)13(8)22;14-5-1-3(8(17)12(21)10(5)19)7(16)4-2-6(15)11(20)13(22)9(4)18;14-4-1-3(9(18)13(22)12(4)21)8(17)7-10(19)5(15)2-6(16)11(7)20;14-3-1-2-4(15)7(16)5(3)8(17)6-9(18)11(20)13(22)12(21)10(6)19/h2*1-2,14-16,18-22H;1-2,14-19,21-22H;1-2,14-15,17-22H;2*1-2,14-16,18-22H. The minimum atomic E-state index is -1.42. The van der Waals surface area contributed by atoms with E-state index in [1.165, 1.54) is 0 Å². The van der Waals surface area contributed by atoms with Crippen molar-refractivity contribution in [3.8, 4) is 276 Å². The molecule has 12 rings (SSSR count). The molecule has 0 saturated carbocycles. The Morgan fingerprint density at radius 1 is 0.106 bits per heavy atom. The number of hydrogen-bond donors (Lipinski definition) is 48. The monoisotopic (exact) mass is 1860 g/mol. The largest absolute Gasteiger partial charge is 0.507 e. The summed E-state index contributed by atoms with van der Waals surface area (Å²) in [6.45, 7) is 0. The number of rotatable bonds is 12. The summed E-state index contributed by atoms with van der Waals surface area (Å²) in [6.07, 6.45) is 0.